The van der Waals surface area contributed by atoms with Crippen molar-refractivity contribution in [2.75, 3.05) is 0 Å². The zero-order chi connectivity index (χ0) is 14.2. The summed E-state index contributed by atoms with van der Waals surface area (Å²) in [4.78, 5) is 8.73. The minimum Gasteiger partial charge on any atom is -0.337 e. The van der Waals surface area contributed by atoms with Crippen LogP contribution in [0.1, 0.15) is 43.8 Å². The second-order valence-corrected chi connectivity index (χ2v) is 5.98. The lowest BCUT2D eigenvalue weighted by molar-refractivity contribution is 0.253. The van der Waals surface area contributed by atoms with Crippen LogP contribution in [0.4, 0.5) is 0 Å². The van der Waals surface area contributed by atoms with E-state index < -0.39 is 0 Å². The van der Waals surface area contributed by atoms with Gasteiger partial charge in [-0.3, -0.25) is 4.98 Å². The lowest BCUT2D eigenvalue weighted by Crippen LogP contribution is -2.26. The Bertz CT molecular complexity index is 583. The first kappa shape index (κ1) is 13.7. The highest BCUT2D eigenvalue weighted by Gasteiger charge is 2.28. The van der Waals surface area contributed by atoms with Crippen LogP contribution in [0.25, 0.3) is 11.5 Å². The molecule has 0 fully saturated rings. The van der Waals surface area contributed by atoms with Crippen molar-refractivity contribution >= 4 is 0 Å². The summed E-state index contributed by atoms with van der Waals surface area (Å²) < 4.78 is 5.27. The van der Waals surface area contributed by atoms with Crippen molar-refractivity contribution in [1.82, 2.24) is 15.1 Å². The molecule has 0 spiro atoms. The number of nitrogens with two attached hydrogens (primary N) is 1. The summed E-state index contributed by atoms with van der Waals surface area (Å²) >= 11 is 0. The Morgan fingerprint density at radius 3 is 2.53 bits per heavy atom. The van der Waals surface area contributed by atoms with Crippen molar-refractivity contribution < 1.29 is 4.52 Å². The molecule has 2 N–H and O–H groups in total. The van der Waals surface area contributed by atoms with Crippen LogP contribution in [0.3, 0.4) is 0 Å². The molecule has 5 heteroatoms. The third-order valence-corrected chi connectivity index (χ3v) is 3.07. The first-order valence-electron chi connectivity index (χ1n) is 6.32. The van der Waals surface area contributed by atoms with Crippen molar-refractivity contribution in [2.24, 2.45) is 11.1 Å². The quantitative estimate of drug-likeness (QED) is 0.898. The fourth-order valence-electron chi connectivity index (χ4n) is 1.78. The van der Waals surface area contributed by atoms with Gasteiger partial charge in [0, 0.05) is 6.20 Å². The van der Waals surface area contributed by atoms with Crippen LogP contribution in [-0.2, 0) is 0 Å². The summed E-state index contributed by atoms with van der Waals surface area (Å²) in [6.45, 7) is 10.1. The third kappa shape index (κ3) is 2.81. The molecule has 2 rings (SSSR count). The predicted molar refractivity (Wildman–Crippen MR) is 73.4 cm³/mol. The second kappa shape index (κ2) is 4.74. The summed E-state index contributed by atoms with van der Waals surface area (Å²) in [6.07, 6.45) is 1.79. The maximum absolute atomic E-state index is 6.11. The van der Waals surface area contributed by atoms with Crippen molar-refractivity contribution in [1.29, 1.82) is 0 Å². The largest absolute Gasteiger partial charge is 0.337 e. The summed E-state index contributed by atoms with van der Waals surface area (Å²) in [5.41, 5.74) is 8.85. The molecular weight excluding hydrogens is 240 g/mol. The normalized spacial score (nSPS) is 13.6. The molecule has 5 nitrogen and oxygen atoms in total. The molecule has 102 valence electrons. The SMILES string of the molecule is Cc1cnc(-c2noc(C(N)C(C)(C)C)n2)c(C)c1. The third-order valence-electron chi connectivity index (χ3n) is 3.07. The Hall–Kier alpha value is -1.75. The molecule has 0 amide bonds. The molecule has 0 aliphatic heterocycles. The summed E-state index contributed by atoms with van der Waals surface area (Å²) in [5.74, 6) is 0.941. The van der Waals surface area contributed by atoms with Crippen molar-refractivity contribution in [3.05, 3.63) is 29.3 Å². The van der Waals surface area contributed by atoms with E-state index in [9.17, 15) is 0 Å². The molecule has 0 saturated heterocycles. The van der Waals surface area contributed by atoms with E-state index >= 15 is 0 Å². The summed E-state index contributed by atoms with van der Waals surface area (Å²) in [5, 5.41) is 3.98. The molecule has 19 heavy (non-hydrogen) atoms. The monoisotopic (exact) mass is 260 g/mol. The molecule has 1 atom stereocenters. The van der Waals surface area contributed by atoms with Gasteiger partial charge in [0.15, 0.2) is 0 Å². The molecule has 0 radical (unpaired) electrons. The van der Waals surface area contributed by atoms with Gasteiger partial charge in [0.25, 0.3) is 0 Å². The van der Waals surface area contributed by atoms with Gasteiger partial charge in [0.05, 0.1) is 6.04 Å². The molecule has 0 aliphatic carbocycles. The highest BCUT2D eigenvalue weighted by molar-refractivity contribution is 5.54. The van der Waals surface area contributed by atoms with E-state index in [0.717, 1.165) is 16.8 Å². The van der Waals surface area contributed by atoms with E-state index in [1.54, 1.807) is 6.20 Å². The lowest BCUT2D eigenvalue weighted by atomic mass is 9.87. The summed E-state index contributed by atoms with van der Waals surface area (Å²) in [7, 11) is 0. The van der Waals surface area contributed by atoms with Crippen LogP contribution in [0.15, 0.2) is 16.8 Å². The molecule has 2 aromatic rings. The average molecular weight is 260 g/mol. The van der Waals surface area contributed by atoms with Gasteiger partial charge in [-0.05, 0) is 30.4 Å². The Kier molecular flexibility index (Phi) is 3.41. The van der Waals surface area contributed by atoms with Crippen molar-refractivity contribution in [2.45, 2.75) is 40.7 Å². The van der Waals surface area contributed by atoms with Crippen LogP contribution in [-0.4, -0.2) is 15.1 Å². The number of aromatic nitrogens is 3. The standard InChI is InChI=1S/C14H20N4O/c1-8-6-9(2)10(16-7-8)12-17-13(19-18-12)11(15)14(3,4)5/h6-7,11H,15H2,1-5H3. The second-order valence-electron chi connectivity index (χ2n) is 5.98. The smallest absolute Gasteiger partial charge is 0.244 e. The van der Waals surface area contributed by atoms with Crippen LogP contribution in [0, 0.1) is 19.3 Å². The van der Waals surface area contributed by atoms with E-state index in [4.69, 9.17) is 10.3 Å². The highest BCUT2D eigenvalue weighted by atomic mass is 16.5. The Morgan fingerprint density at radius 1 is 1.26 bits per heavy atom. The summed E-state index contributed by atoms with van der Waals surface area (Å²) in [6, 6.07) is 1.75. The van der Waals surface area contributed by atoms with E-state index in [-0.39, 0.29) is 11.5 Å². The number of rotatable bonds is 2. The number of pyridine rings is 1. The Morgan fingerprint density at radius 2 is 1.95 bits per heavy atom. The number of aryl methyl sites for hydroxylation is 2. The maximum atomic E-state index is 6.11. The van der Waals surface area contributed by atoms with E-state index in [1.807, 2.05) is 40.7 Å². The number of hydrogen-bond donors (Lipinski definition) is 1. The topological polar surface area (TPSA) is 77.8 Å². The van der Waals surface area contributed by atoms with E-state index in [0.29, 0.717) is 11.7 Å². The molecule has 0 bridgehead atoms. The van der Waals surface area contributed by atoms with Gasteiger partial charge in [-0.1, -0.05) is 32.0 Å². The fraction of sp³-hybridized carbons (Fsp3) is 0.500. The van der Waals surface area contributed by atoms with Crippen LogP contribution >= 0.6 is 0 Å². The van der Waals surface area contributed by atoms with Gasteiger partial charge in [0.2, 0.25) is 11.7 Å². The van der Waals surface area contributed by atoms with E-state index in [1.165, 1.54) is 0 Å². The van der Waals surface area contributed by atoms with Gasteiger partial charge in [-0.15, -0.1) is 0 Å². The average Bonchev–Trinajstić information content (AvgIpc) is 2.75. The van der Waals surface area contributed by atoms with Crippen LogP contribution < -0.4 is 5.73 Å². The van der Waals surface area contributed by atoms with Gasteiger partial charge in [-0.25, -0.2) is 0 Å². The molecule has 0 aliphatic rings. The molecule has 0 saturated carbocycles. The highest BCUT2D eigenvalue weighted by Crippen LogP contribution is 2.30. The van der Waals surface area contributed by atoms with Crippen LogP contribution in [0.2, 0.25) is 0 Å². The van der Waals surface area contributed by atoms with Gasteiger partial charge in [-0.2, -0.15) is 4.98 Å². The van der Waals surface area contributed by atoms with E-state index in [2.05, 4.69) is 15.1 Å². The zero-order valence-electron chi connectivity index (χ0n) is 12.1. The lowest BCUT2D eigenvalue weighted by Gasteiger charge is -2.23. The zero-order valence-corrected chi connectivity index (χ0v) is 12.1. The predicted octanol–water partition coefficient (Wildman–Crippen LogP) is 2.79. The minimum absolute atomic E-state index is 0.125. The molecule has 2 heterocycles. The molecule has 2 aromatic heterocycles. The van der Waals surface area contributed by atoms with Crippen LogP contribution in [0.5, 0.6) is 0 Å². The van der Waals surface area contributed by atoms with Crippen molar-refractivity contribution in [3.8, 4) is 11.5 Å². The molecule has 1 unspecified atom stereocenters. The molecule has 0 aromatic carbocycles. The first-order valence-corrected chi connectivity index (χ1v) is 6.32. The first-order chi connectivity index (χ1) is 8.79. The van der Waals surface area contributed by atoms with Gasteiger partial charge >= 0.3 is 0 Å². The Labute approximate surface area is 113 Å². The number of hydrogen-bond acceptors (Lipinski definition) is 5. The van der Waals surface area contributed by atoms with Gasteiger partial charge < -0.3 is 10.3 Å². The molecular formula is C14H20N4O. The minimum atomic E-state index is -0.292. The number of nitrogens with zero attached hydrogens (tertiary/aromatic N) is 3. The maximum Gasteiger partial charge on any atom is 0.244 e. The van der Waals surface area contributed by atoms with Crippen molar-refractivity contribution in [3.63, 3.8) is 0 Å². The van der Waals surface area contributed by atoms with Gasteiger partial charge in [0.1, 0.15) is 5.69 Å². The Balaban J connectivity index is 2.36. The fourth-order valence-corrected chi connectivity index (χ4v) is 1.78.